The van der Waals surface area contributed by atoms with E-state index in [-0.39, 0.29) is 5.91 Å². The summed E-state index contributed by atoms with van der Waals surface area (Å²) in [6, 6.07) is 8.38. The average molecular weight is 331 g/mol. The van der Waals surface area contributed by atoms with Gasteiger partial charge in [0, 0.05) is 18.7 Å². The first kappa shape index (κ1) is 19.0. The number of piperidine rings is 1. The fraction of sp³-hybridized carbons (Fsp3) is 0.667. The van der Waals surface area contributed by atoms with Crippen LogP contribution in [0.5, 0.6) is 0 Å². The van der Waals surface area contributed by atoms with E-state index in [1.165, 1.54) is 18.4 Å². The molecule has 0 bridgehead atoms. The van der Waals surface area contributed by atoms with Crippen molar-refractivity contribution in [3.63, 3.8) is 0 Å². The maximum atomic E-state index is 12.8. The van der Waals surface area contributed by atoms with Crippen molar-refractivity contribution in [2.75, 3.05) is 26.2 Å². The zero-order chi connectivity index (χ0) is 17.2. The Labute approximate surface area is 147 Å². The third-order valence-electron chi connectivity index (χ3n) is 5.03. The van der Waals surface area contributed by atoms with E-state index in [9.17, 15) is 4.79 Å². The lowest BCUT2D eigenvalue weighted by molar-refractivity contribution is 0.0751. The fourth-order valence-corrected chi connectivity index (χ4v) is 3.40. The van der Waals surface area contributed by atoms with Crippen LogP contribution in [0, 0.1) is 5.92 Å². The largest absolute Gasteiger partial charge is 0.339 e. The molecule has 3 heteroatoms. The summed E-state index contributed by atoms with van der Waals surface area (Å²) >= 11 is 0. The molecule has 1 fully saturated rings. The molecule has 0 unspecified atom stereocenters. The molecule has 0 saturated carbocycles. The molecule has 0 aliphatic carbocycles. The van der Waals surface area contributed by atoms with Crippen LogP contribution in [0.25, 0.3) is 0 Å². The number of unbranched alkanes of at least 4 members (excludes halogenated alkanes) is 2. The summed E-state index contributed by atoms with van der Waals surface area (Å²) in [5, 5.41) is 3.42. The van der Waals surface area contributed by atoms with Crippen LogP contribution in [0.4, 0.5) is 0 Å². The third kappa shape index (κ3) is 5.94. The predicted octanol–water partition coefficient (Wildman–Crippen LogP) is 4.27. The van der Waals surface area contributed by atoms with E-state index in [1.807, 2.05) is 17.0 Å². The minimum atomic E-state index is 0.199. The number of carbonyl (C=O) groups excluding carboxylic acids is 1. The number of rotatable bonds is 9. The molecule has 0 radical (unpaired) electrons. The molecule has 1 aliphatic heterocycles. The first-order valence-electron chi connectivity index (χ1n) is 9.83. The highest BCUT2D eigenvalue weighted by molar-refractivity contribution is 5.94. The number of hydrogen-bond donors (Lipinski definition) is 1. The summed E-state index contributed by atoms with van der Waals surface area (Å²) in [7, 11) is 0. The van der Waals surface area contributed by atoms with Crippen LogP contribution in [0.3, 0.4) is 0 Å². The predicted molar refractivity (Wildman–Crippen MR) is 101 cm³/mol. The van der Waals surface area contributed by atoms with Crippen molar-refractivity contribution in [3.05, 3.63) is 35.4 Å². The summed E-state index contributed by atoms with van der Waals surface area (Å²) < 4.78 is 0. The van der Waals surface area contributed by atoms with Crippen molar-refractivity contribution >= 4 is 5.91 Å². The quantitative estimate of drug-likeness (QED) is 0.733. The normalized spacial score (nSPS) is 15.4. The molecular formula is C21H34N2O. The molecule has 1 heterocycles. The summed E-state index contributed by atoms with van der Waals surface area (Å²) in [5.41, 5.74) is 2.21. The highest BCUT2D eigenvalue weighted by Crippen LogP contribution is 2.19. The molecule has 24 heavy (non-hydrogen) atoms. The second-order valence-corrected chi connectivity index (χ2v) is 7.09. The van der Waals surface area contributed by atoms with Crippen molar-refractivity contribution in [1.29, 1.82) is 0 Å². The molecule has 0 atom stereocenters. The van der Waals surface area contributed by atoms with Crippen LogP contribution in [-0.2, 0) is 6.42 Å². The van der Waals surface area contributed by atoms with Crippen LogP contribution in [0.15, 0.2) is 24.3 Å². The average Bonchev–Trinajstić information content (AvgIpc) is 2.63. The number of nitrogens with zero attached hydrogens (tertiary/aromatic N) is 1. The minimum Gasteiger partial charge on any atom is -0.339 e. The van der Waals surface area contributed by atoms with Gasteiger partial charge in [0.25, 0.3) is 5.91 Å². The van der Waals surface area contributed by atoms with Gasteiger partial charge in [-0.15, -0.1) is 0 Å². The first-order valence-corrected chi connectivity index (χ1v) is 9.83. The summed E-state index contributed by atoms with van der Waals surface area (Å²) in [6.45, 7) is 8.41. The molecule has 1 aromatic rings. The van der Waals surface area contributed by atoms with E-state index in [4.69, 9.17) is 0 Å². The molecule has 1 N–H and O–H groups in total. The van der Waals surface area contributed by atoms with Gasteiger partial charge in [-0.05, 0) is 68.8 Å². The summed E-state index contributed by atoms with van der Waals surface area (Å²) in [6.07, 6.45) is 8.11. The number of benzene rings is 1. The topological polar surface area (TPSA) is 32.3 Å². The van der Waals surface area contributed by atoms with E-state index < -0.39 is 0 Å². The lowest BCUT2D eigenvalue weighted by Gasteiger charge is -2.23. The van der Waals surface area contributed by atoms with Gasteiger partial charge in [-0.2, -0.15) is 0 Å². The van der Waals surface area contributed by atoms with Gasteiger partial charge < -0.3 is 10.2 Å². The van der Waals surface area contributed by atoms with E-state index >= 15 is 0 Å². The smallest absolute Gasteiger partial charge is 0.253 e. The highest BCUT2D eigenvalue weighted by atomic mass is 16.2. The lowest BCUT2D eigenvalue weighted by atomic mass is 9.91. The second kappa shape index (κ2) is 10.5. The van der Waals surface area contributed by atoms with E-state index in [0.717, 1.165) is 69.8 Å². The Balaban J connectivity index is 1.94. The van der Waals surface area contributed by atoms with E-state index in [1.54, 1.807) is 0 Å². The Hall–Kier alpha value is -1.35. The molecule has 1 aliphatic rings. The van der Waals surface area contributed by atoms with Gasteiger partial charge in [0.15, 0.2) is 0 Å². The Morgan fingerprint density at radius 1 is 1.04 bits per heavy atom. The Morgan fingerprint density at radius 2 is 1.62 bits per heavy atom. The van der Waals surface area contributed by atoms with E-state index in [0.29, 0.717) is 0 Å². The van der Waals surface area contributed by atoms with Crippen LogP contribution in [-0.4, -0.2) is 37.0 Å². The van der Waals surface area contributed by atoms with Crippen molar-refractivity contribution in [1.82, 2.24) is 10.2 Å². The van der Waals surface area contributed by atoms with Gasteiger partial charge in [-0.1, -0.05) is 38.8 Å². The minimum absolute atomic E-state index is 0.199. The number of carbonyl (C=O) groups is 1. The monoisotopic (exact) mass is 330 g/mol. The molecular weight excluding hydrogens is 296 g/mol. The maximum Gasteiger partial charge on any atom is 0.253 e. The zero-order valence-electron chi connectivity index (χ0n) is 15.5. The van der Waals surface area contributed by atoms with Crippen molar-refractivity contribution in [2.24, 2.45) is 5.92 Å². The molecule has 2 rings (SSSR count). The highest BCUT2D eigenvalue weighted by Gasteiger charge is 2.16. The second-order valence-electron chi connectivity index (χ2n) is 7.09. The van der Waals surface area contributed by atoms with Crippen LogP contribution >= 0.6 is 0 Å². The number of nitrogens with one attached hydrogen (secondary N) is 1. The Bertz CT molecular complexity index is 469. The fourth-order valence-electron chi connectivity index (χ4n) is 3.40. The SMILES string of the molecule is CCCCN(CCCC)C(=O)c1ccc(CC2CCNCC2)cc1. The van der Waals surface area contributed by atoms with Crippen molar-refractivity contribution in [3.8, 4) is 0 Å². The molecule has 0 aromatic heterocycles. The van der Waals surface area contributed by atoms with Crippen LogP contribution < -0.4 is 5.32 Å². The Morgan fingerprint density at radius 3 is 2.17 bits per heavy atom. The molecule has 1 amide bonds. The standard InChI is InChI=1S/C21H34N2O/c1-3-5-15-23(16-6-4-2)21(24)20-9-7-18(8-10-20)17-19-11-13-22-14-12-19/h7-10,19,22H,3-6,11-17H2,1-2H3. The van der Waals surface area contributed by atoms with Crippen LogP contribution in [0.1, 0.15) is 68.3 Å². The van der Waals surface area contributed by atoms with Crippen molar-refractivity contribution in [2.45, 2.75) is 58.8 Å². The van der Waals surface area contributed by atoms with Gasteiger partial charge in [0.1, 0.15) is 0 Å². The first-order chi connectivity index (χ1) is 11.7. The summed E-state index contributed by atoms with van der Waals surface area (Å²) in [5.74, 6) is 0.990. The van der Waals surface area contributed by atoms with Crippen molar-refractivity contribution < 1.29 is 4.79 Å². The van der Waals surface area contributed by atoms with E-state index in [2.05, 4.69) is 31.3 Å². The van der Waals surface area contributed by atoms with Crippen LogP contribution in [0.2, 0.25) is 0 Å². The molecule has 1 aromatic carbocycles. The van der Waals surface area contributed by atoms with Gasteiger partial charge in [0.2, 0.25) is 0 Å². The van der Waals surface area contributed by atoms with Gasteiger partial charge >= 0.3 is 0 Å². The summed E-state index contributed by atoms with van der Waals surface area (Å²) in [4.78, 5) is 14.8. The van der Waals surface area contributed by atoms with Gasteiger partial charge in [-0.25, -0.2) is 0 Å². The third-order valence-corrected chi connectivity index (χ3v) is 5.03. The van der Waals surface area contributed by atoms with Gasteiger partial charge in [0.05, 0.1) is 0 Å². The molecule has 3 nitrogen and oxygen atoms in total. The maximum absolute atomic E-state index is 12.8. The zero-order valence-corrected chi connectivity index (χ0v) is 15.5. The molecule has 0 spiro atoms. The van der Waals surface area contributed by atoms with Gasteiger partial charge in [-0.3, -0.25) is 4.79 Å². The molecule has 134 valence electrons. The number of hydrogen-bond acceptors (Lipinski definition) is 2. The Kier molecular flexibility index (Phi) is 8.31. The number of amides is 1. The lowest BCUT2D eigenvalue weighted by Crippen LogP contribution is -2.33. The molecule has 1 saturated heterocycles.